The lowest BCUT2D eigenvalue weighted by Gasteiger charge is -2.26. The van der Waals surface area contributed by atoms with Crippen molar-refractivity contribution in [1.82, 2.24) is 10.2 Å². The van der Waals surface area contributed by atoms with Gasteiger partial charge in [-0.1, -0.05) is 17.7 Å². The lowest BCUT2D eigenvalue weighted by molar-refractivity contribution is 0.0532. The van der Waals surface area contributed by atoms with Crippen molar-refractivity contribution in [3.05, 3.63) is 29.3 Å². The number of amides is 2. The first-order valence-corrected chi connectivity index (χ1v) is 8.70. The number of carbonyl (C=O) groups excluding carboxylic acids is 1. The predicted octanol–water partition coefficient (Wildman–Crippen LogP) is 2.40. The summed E-state index contributed by atoms with van der Waals surface area (Å²) in [6.45, 7) is 3.34. The Morgan fingerprint density at radius 2 is 2.12 bits per heavy atom. The van der Waals surface area contributed by atoms with Gasteiger partial charge in [0.2, 0.25) is 0 Å². The van der Waals surface area contributed by atoms with Crippen LogP contribution in [-0.2, 0) is 4.74 Å². The number of aliphatic hydroxyl groups excluding tert-OH is 1. The highest BCUT2D eigenvalue weighted by molar-refractivity contribution is 7.59. The van der Waals surface area contributed by atoms with Gasteiger partial charge in [-0.05, 0) is 37.5 Å². The van der Waals surface area contributed by atoms with Gasteiger partial charge in [0.05, 0.1) is 19.3 Å². The van der Waals surface area contributed by atoms with Gasteiger partial charge in [-0.15, -0.1) is 0 Å². The summed E-state index contributed by atoms with van der Waals surface area (Å²) in [6.07, 6.45) is 1.75. The molecule has 25 heavy (non-hydrogen) atoms. The third-order valence-electron chi connectivity index (χ3n) is 3.78. The minimum absolute atomic E-state index is 0. The van der Waals surface area contributed by atoms with E-state index in [1.165, 1.54) is 0 Å². The van der Waals surface area contributed by atoms with E-state index in [2.05, 4.69) is 5.32 Å². The number of benzene rings is 1. The third-order valence-corrected chi connectivity index (χ3v) is 4.01. The fourth-order valence-electron chi connectivity index (χ4n) is 2.41. The standard InChI is InChI=1S/C17H25ClN2O4.H2S/c18-14-4-3-6-16(12-14)24-13-15(21)5-1-2-7-19-17(22)20-8-10-23-11-9-20;/h3-4,6,12,15,21H,1-2,5,7-11,13H2,(H,19,22);1H2/t15-;/m0./s1. The van der Waals surface area contributed by atoms with Crippen molar-refractivity contribution in [1.29, 1.82) is 0 Å². The van der Waals surface area contributed by atoms with E-state index in [-0.39, 0.29) is 26.1 Å². The fourth-order valence-corrected chi connectivity index (χ4v) is 2.59. The molecule has 2 rings (SSSR count). The lowest BCUT2D eigenvalue weighted by atomic mass is 10.1. The summed E-state index contributed by atoms with van der Waals surface area (Å²) in [7, 11) is 0. The molecule has 0 aromatic heterocycles. The van der Waals surface area contributed by atoms with Crippen LogP contribution in [0.25, 0.3) is 0 Å². The zero-order chi connectivity index (χ0) is 17.2. The van der Waals surface area contributed by atoms with E-state index < -0.39 is 6.10 Å². The normalized spacial score (nSPS) is 15.2. The van der Waals surface area contributed by atoms with Crippen molar-refractivity contribution in [2.75, 3.05) is 39.5 Å². The molecule has 0 aliphatic carbocycles. The Hall–Kier alpha value is -1.15. The van der Waals surface area contributed by atoms with Crippen molar-refractivity contribution in [3.8, 4) is 5.75 Å². The molecule has 142 valence electrons. The van der Waals surface area contributed by atoms with E-state index in [9.17, 15) is 9.90 Å². The summed E-state index contributed by atoms with van der Waals surface area (Å²) in [5.74, 6) is 0.652. The monoisotopic (exact) mass is 390 g/mol. The summed E-state index contributed by atoms with van der Waals surface area (Å²) in [4.78, 5) is 13.6. The molecule has 0 saturated carbocycles. The topological polar surface area (TPSA) is 71.0 Å². The summed E-state index contributed by atoms with van der Waals surface area (Å²) >= 11 is 5.87. The molecule has 6 nitrogen and oxygen atoms in total. The molecule has 1 aromatic rings. The van der Waals surface area contributed by atoms with Crippen LogP contribution in [0.5, 0.6) is 5.75 Å². The van der Waals surface area contributed by atoms with Crippen LogP contribution < -0.4 is 10.1 Å². The van der Waals surface area contributed by atoms with Gasteiger partial charge in [0, 0.05) is 24.7 Å². The van der Waals surface area contributed by atoms with Crippen LogP contribution in [0.2, 0.25) is 5.02 Å². The van der Waals surface area contributed by atoms with Crippen molar-refractivity contribution >= 4 is 31.1 Å². The summed E-state index contributed by atoms with van der Waals surface area (Å²) in [6, 6.07) is 7.06. The molecule has 1 aromatic carbocycles. The second-order valence-electron chi connectivity index (χ2n) is 5.75. The van der Waals surface area contributed by atoms with E-state index in [1.807, 2.05) is 0 Å². The summed E-state index contributed by atoms with van der Waals surface area (Å²) in [5.41, 5.74) is 0. The molecular formula is C17H27ClN2O4S. The number of carbonyl (C=O) groups is 1. The molecule has 1 heterocycles. The number of hydrogen-bond acceptors (Lipinski definition) is 4. The maximum absolute atomic E-state index is 11.9. The van der Waals surface area contributed by atoms with Gasteiger partial charge < -0.3 is 24.8 Å². The van der Waals surface area contributed by atoms with Crippen molar-refractivity contribution in [2.45, 2.75) is 25.4 Å². The van der Waals surface area contributed by atoms with Crippen LogP contribution in [0.1, 0.15) is 19.3 Å². The minimum atomic E-state index is -0.529. The molecule has 8 heteroatoms. The molecule has 1 fully saturated rings. The minimum Gasteiger partial charge on any atom is -0.491 e. The lowest BCUT2D eigenvalue weighted by Crippen LogP contribution is -2.46. The van der Waals surface area contributed by atoms with E-state index >= 15 is 0 Å². The number of hydrogen-bond donors (Lipinski definition) is 2. The first kappa shape index (κ1) is 21.9. The molecule has 0 spiro atoms. The van der Waals surface area contributed by atoms with Gasteiger partial charge >= 0.3 is 6.03 Å². The number of urea groups is 1. The highest BCUT2D eigenvalue weighted by atomic mass is 35.5. The maximum Gasteiger partial charge on any atom is 0.317 e. The zero-order valence-corrected chi connectivity index (χ0v) is 16.0. The van der Waals surface area contributed by atoms with Crippen LogP contribution in [-0.4, -0.2) is 61.6 Å². The molecule has 1 aliphatic rings. The summed E-state index contributed by atoms with van der Waals surface area (Å²) in [5, 5.41) is 13.4. The molecule has 0 unspecified atom stereocenters. The molecule has 1 atom stereocenters. The van der Waals surface area contributed by atoms with Crippen molar-refractivity contribution in [2.24, 2.45) is 0 Å². The Kier molecular flexibility index (Phi) is 10.7. The summed E-state index contributed by atoms with van der Waals surface area (Å²) < 4.78 is 10.7. The van der Waals surface area contributed by atoms with Crippen molar-refractivity contribution in [3.63, 3.8) is 0 Å². The highest BCUT2D eigenvalue weighted by Crippen LogP contribution is 2.17. The van der Waals surface area contributed by atoms with Gasteiger partial charge in [-0.2, -0.15) is 13.5 Å². The van der Waals surface area contributed by atoms with Crippen molar-refractivity contribution < 1.29 is 19.4 Å². The average Bonchev–Trinajstić information content (AvgIpc) is 2.60. The van der Waals surface area contributed by atoms with E-state index in [1.54, 1.807) is 29.2 Å². The number of halogens is 1. The van der Waals surface area contributed by atoms with Crippen LogP contribution >= 0.6 is 25.1 Å². The number of rotatable bonds is 8. The maximum atomic E-state index is 11.9. The first-order valence-electron chi connectivity index (χ1n) is 8.32. The molecule has 1 aliphatic heterocycles. The molecule has 0 radical (unpaired) electrons. The van der Waals surface area contributed by atoms with Gasteiger partial charge in [0.25, 0.3) is 0 Å². The Balaban J connectivity index is 0.00000312. The average molecular weight is 391 g/mol. The number of morpholine rings is 1. The smallest absolute Gasteiger partial charge is 0.317 e. The quantitative estimate of drug-likeness (QED) is 0.669. The molecular weight excluding hydrogens is 364 g/mol. The van der Waals surface area contributed by atoms with Crippen LogP contribution in [0.4, 0.5) is 4.79 Å². The Morgan fingerprint density at radius 3 is 2.84 bits per heavy atom. The van der Waals surface area contributed by atoms with E-state index in [4.69, 9.17) is 21.1 Å². The second kappa shape index (κ2) is 12.2. The SMILES string of the molecule is O=C(NCCCC[C@H](O)COc1cccc(Cl)c1)N1CCOCC1.S. The Bertz CT molecular complexity index is 515. The first-order chi connectivity index (χ1) is 11.6. The van der Waals surface area contributed by atoms with E-state index in [0.717, 1.165) is 12.8 Å². The van der Waals surface area contributed by atoms with Gasteiger partial charge in [-0.3, -0.25) is 0 Å². The number of unbranched alkanes of at least 4 members (excludes halogenated alkanes) is 1. The number of nitrogens with one attached hydrogen (secondary N) is 1. The Morgan fingerprint density at radius 1 is 1.36 bits per heavy atom. The van der Waals surface area contributed by atoms with E-state index in [0.29, 0.717) is 50.0 Å². The third kappa shape index (κ3) is 8.67. The highest BCUT2D eigenvalue weighted by Gasteiger charge is 2.15. The number of nitrogens with zero attached hydrogens (tertiary/aromatic N) is 1. The fraction of sp³-hybridized carbons (Fsp3) is 0.588. The predicted molar refractivity (Wildman–Crippen MR) is 103 cm³/mol. The zero-order valence-electron chi connectivity index (χ0n) is 14.2. The Labute approximate surface area is 160 Å². The molecule has 2 N–H and O–H groups in total. The van der Waals surface area contributed by atoms with Crippen LogP contribution in [0.15, 0.2) is 24.3 Å². The molecule has 1 saturated heterocycles. The number of aliphatic hydroxyl groups is 1. The number of ether oxygens (including phenoxy) is 2. The van der Waals surface area contributed by atoms with Crippen LogP contribution in [0, 0.1) is 0 Å². The van der Waals surface area contributed by atoms with Gasteiger partial charge in [-0.25, -0.2) is 4.79 Å². The second-order valence-corrected chi connectivity index (χ2v) is 6.19. The molecule has 0 bridgehead atoms. The largest absolute Gasteiger partial charge is 0.491 e. The van der Waals surface area contributed by atoms with Gasteiger partial charge in [0.15, 0.2) is 0 Å². The molecule has 2 amide bonds. The van der Waals surface area contributed by atoms with Gasteiger partial charge in [0.1, 0.15) is 12.4 Å². The van der Waals surface area contributed by atoms with Crippen LogP contribution in [0.3, 0.4) is 0 Å².